The summed E-state index contributed by atoms with van der Waals surface area (Å²) >= 11 is 0. The molecule has 0 aromatic heterocycles. The third kappa shape index (κ3) is 6.11. The van der Waals surface area contributed by atoms with Crippen LogP contribution in [0, 0.1) is 0 Å². The highest BCUT2D eigenvalue weighted by Crippen LogP contribution is 2.21. The lowest BCUT2D eigenvalue weighted by Crippen LogP contribution is -2.34. The van der Waals surface area contributed by atoms with E-state index >= 15 is 0 Å². The Morgan fingerprint density at radius 3 is 1.91 bits per heavy atom. The SMILES string of the molecule is CS(=O)(=O)OCC(O)CNC(c1ccccc1)c1ccccc1. The highest BCUT2D eigenvalue weighted by molar-refractivity contribution is 7.85. The first-order valence-electron chi connectivity index (χ1n) is 7.31. The quantitative estimate of drug-likeness (QED) is 0.718. The smallest absolute Gasteiger partial charge is 0.264 e. The predicted octanol–water partition coefficient (Wildman–Crippen LogP) is 1.70. The predicted molar refractivity (Wildman–Crippen MR) is 89.5 cm³/mol. The fourth-order valence-corrected chi connectivity index (χ4v) is 2.64. The van der Waals surface area contributed by atoms with Gasteiger partial charge in [-0.05, 0) is 11.1 Å². The van der Waals surface area contributed by atoms with E-state index in [4.69, 9.17) is 0 Å². The molecule has 0 heterocycles. The average molecular weight is 335 g/mol. The van der Waals surface area contributed by atoms with Crippen LogP contribution in [-0.2, 0) is 14.3 Å². The maximum Gasteiger partial charge on any atom is 0.264 e. The Labute approximate surface area is 137 Å². The van der Waals surface area contributed by atoms with Crippen LogP contribution in [0.25, 0.3) is 0 Å². The largest absolute Gasteiger partial charge is 0.389 e. The molecular weight excluding hydrogens is 314 g/mol. The standard InChI is InChI=1S/C17H21NO4S/c1-23(20,21)22-13-16(19)12-18-17(14-8-4-2-5-9-14)15-10-6-3-7-11-15/h2-11,16-19H,12-13H2,1H3. The van der Waals surface area contributed by atoms with E-state index in [0.29, 0.717) is 0 Å². The number of rotatable bonds is 8. The Kier molecular flexibility index (Phi) is 6.29. The topological polar surface area (TPSA) is 75.6 Å². The fraction of sp³-hybridized carbons (Fsp3) is 0.294. The van der Waals surface area contributed by atoms with Crippen molar-refractivity contribution in [3.63, 3.8) is 0 Å². The number of hydrogen-bond acceptors (Lipinski definition) is 5. The van der Waals surface area contributed by atoms with Crippen LogP contribution in [0.5, 0.6) is 0 Å². The van der Waals surface area contributed by atoms with Crippen molar-refractivity contribution in [1.29, 1.82) is 0 Å². The minimum absolute atomic E-state index is 0.0923. The van der Waals surface area contributed by atoms with Crippen LogP contribution in [0.2, 0.25) is 0 Å². The summed E-state index contributed by atoms with van der Waals surface area (Å²) in [6.45, 7) is -0.0495. The molecule has 23 heavy (non-hydrogen) atoms. The Bertz CT molecular complexity index is 650. The molecule has 6 heteroatoms. The van der Waals surface area contributed by atoms with E-state index in [0.717, 1.165) is 17.4 Å². The van der Waals surface area contributed by atoms with Gasteiger partial charge in [-0.25, -0.2) is 0 Å². The van der Waals surface area contributed by atoms with E-state index in [1.54, 1.807) is 0 Å². The molecule has 124 valence electrons. The first-order valence-corrected chi connectivity index (χ1v) is 9.13. The first kappa shape index (κ1) is 17.6. The summed E-state index contributed by atoms with van der Waals surface area (Å²) < 4.78 is 26.5. The molecule has 5 nitrogen and oxygen atoms in total. The van der Waals surface area contributed by atoms with Crippen LogP contribution >= 0.6 is 0 Å². The molecule has 0 radical (unpaired) electrons. The van der Waals surface area contributed by atoms with E-state index < -0.39 is 16.2 Å². The maximum atomic E-state index is 11.0. The van der Waals surface area contributed by atoms with Crippen LogP contribution in [0.1, 0.15) is 17.2 Å². The van der Waals surface area contributed by atoms with Crippen LogP contribution in [0.4, 0.5) is 0 Å². The monoisotopic (exact) mass is 335 g/mol. The van der Waals surface area contributed by atoms with Gasteiger partial charge in [0.2, 0.25) is 0 Å². The summed E-state index contributed by atoms with van der Waals surface area (Å²) in [6, 6.07) is 19.6. The molecule has 0 amide bonds. The van der Waals surface area contributed by atoms with E-state index in [-0.39, 0.29) is 19.2 Å². The molecule has 2 rings (SSSR count). The third-order valence-electron chi connectivity index (χ3n) is 3.30. The van der Waals surface area contributed by atoms with E-state index in [1.165, 1.54) is 0 Å². The van der Waals surface area contributed by atoms with Crippen molar-refractivity contribution in [1.82, 2.24) is 5.32 Å². The first-order chi connectivity index (χ1) is 11.0. The molecule has 0 aliphatic heterocycles. The molecule has 0 saturated heterocycles. The zero-order valence-electron chi connectivity index (χ0n) is 12.9. The second-order valence-corrected chi connectivity index (χ2v) is 6.95. The van der Waals surface area contributed by atoms with E-state index in [9.17, 15) is 13.5 Å². The van der Waals surface area contributed by atoms with Gasteiger partial charge in [-0.3, -0.25) is 4.18 Å². The zero-order valence-corrected chi connectivity index (χ0v) is 13.7. The highest BCUT2D eigenvalue weighted by atomic mass is 32.2. The summed E-state index contributed by atoms with van der Waals surface area (Å²) in [5, 5.41) is 13.2. The summed E-state index contributed by atoms with van der Waals surface area (Å²) in [5.41, 5.74) is 2.13. The van der Waals surface area contributed by atoms with Gasteiger partial charge in [0.15, 0.2) is 0 Å². The minimum atomic E-state index is -3.55. The van der Waals surface area contributed by atoms with E-state index in [2.05, 4.69) is 9.50 Å². The lowest BCUT2D eigenvalue weighted by Gasteiger charge is -2.21. The van der Waals surface area contributed by atoms with Crippen LogP contribution in [0.3, 0.4) is 0 Å². The summed E-state index contributed by atoms with van der Waals surface area (Å²) in [6.07, 6.45) is 0.0452. The van der Waals surface area contributed by atoms with Crippen molar-refractivity contribution in [2.45, 2.75) is 12.1 Å². The van der Waals surface area contributed by atoms with Gasteiger partial charge in [-0.1, -0.05) is 60.7 Å². The van der Waals surface area contributed by atoms with Crippen molar-refractivity contribution in [2.24, 2.45) is 0 Å². The Morgan fingerprint density at radius 2 is 1.48 bits per heavy atom. The van der Waals surface area contributed by atoms with Gasteiger partial charge in [0.1, 0.15) is 0 Å². The minimum Gasteiger partial charge on any atom is -0.389 e. The van der Waals surface area contributed by atoms with Crippen LogP contribution in [-0.4, -0.2) is 39.0 Å². The van der Waals surface area contributed by atoms with Crippen LogP contribution in [0.15, 0.2) is 60.7 Å². The van der Waals surface area contributed by atoms with Crippen molar-refractivity contribution < 1.29 is 17.7 Å². The van der Waals surface area contributed by atoms with Gasteiger partial charge < -0.3 is 10.4 Å². The second-order valence-electron chi connectivity index (χ2n) is 5.31. The van der Waals surface area contributed by atoms with Gasteiger partial charge >= 0.3 is 0 Å². The maximum absolute atomic E-state index is 11.0. The van der Waals surface area contributed by atoms with Gasteiger partial charge in [-0.15, -0.1) is 0 Å². The van der Waals surface area contributed by atoms with Crippen molar-refractivity contribution in [2.75, 3.05) is 19.4 Å². The average Bonchev–Trinajstić information content (AvgIpc) is 2.54. The molecule has 1 unspecified atom stereocenters. The molecule has 0 aliphatic rings. The molecule has 2 aromatic carbocycles. The lowest BCUT2D eigenvalue weighted by atomic mass is 9.98. The van der Waals surface area contributed by atoms with E-state index in [1.807, 2.05) is 60.7 Å². The molecule has 2 N–H and O–H groups in total. The lowest BCUT2D eigenvalue weighted by molar-refractivity contribution is 0.108. The molecule has 0 saturated carbocycles. The Balaban J connectivity index is 2.04. The summed E-state index contributed by atoms with van der Waals surface area (Å²) in [4.78, 5) is 0. The molecular formula is C17H21NO4S. The fourth-order valence-electron chi connectivity index (χ4n) is 2.23. The normalized spacial score (nSPS) is 13.2. The van der Waals surface area contributed by atoms with Gasteiger partial charge in [0, 0.05) is 6.54 Å². The molecule has 2 aromatic rings. The van der Waals surface area contributed by atoms with Crippen molar-refractivity contribution >= 4 is 10.1 Å². The summed E-state index contributed by atoms with van der Waals surface area (Å²) in [5.74, 6) is 0. The third-order valence-corrected chi connectivity index (χ3v) is 3.86. The highest BCUT2D eigenvalue weighted by Gasteiger charge is 2.16. The molecule has 0 spiro atoms. The molecule has 1 atom stereocenters. The van der Waals surface area contributed by atoms with Crippen molar-refractivity contribution in [3.8, 4) is 0 Å². The molecule has 0 fully saturated rings. The van der Waals surface area contributed by atoms with Gasteiger partial charge in [0.25, 0.3) is 10.1 Å². The van der Waals surface area contributed by atoms with Gasteiger partial charge in [0.05, 0.1) is 25.0 Å². The number of aliphatic hydroxyl groups excluding tert-OH is 1. The second kappa shape index (κ2) is 8.21. The Morgan fingerprint density at radius 1 is 1.00 bits per heavy atom. The number of benzene rings is 2. The number of nitrogens with one attached hydrogen (secondary N) is 1. The zero-order chi connectivity index (χ0) is 16.7. The molecule has 0 aliphatic carbocycles. The number of hydrogen-bond donors (Lipinski definition) is 2. The Hall–Kier alpha value is -1.73. The number of aliphatic hydroxyl groups is 1. The molecule has 0 bridgehead atoms. The van der Waals surface area contributed by atoms with Crippen molar-refractivity contribution in [3.05, 3.63) is 71.8 Å². The van der Waals surface area contributed by atoms with Crippen LogP contribution < -0.4 is 5.32 Å². The summed E-state index contributed by atoms with van der Waals surface area (Å²) in [7, 11) is -3.55. The van der Waals surface area contributed by atoms with Gasteiger partial charge in [-0.2, -0.15) is 8.42 Å².